The number of carbonyl (C=O) groups is 1. The second-order valence-corrected chi connectivity index (χ2v) is 6.23. The second kappa shape index (κ2) is 6.51. The lowest BCUT2D eigenvalue weighted by atomic mass is 10.1. The van der Waals surface area contributed by atoms with Gasteiger partial charge in [-0.3, -0.25) is 0 Å². The first-order chi connectivity index (χ1) is 9.99. The standard InChI is InChI=1S/C15H15NO4S/c17-15(18)13-6-4-5-12(11-13)9-10-16-21(19,20)14-7-2-1-3-8-14/h1-8,11,16H,9-10H2,(H,17,18). The minimum atomic E-state index is -3.52. The molecule has 0 radical (unpaired) electrons. The summed E-state index contributed by atoms with van der Waals surface area (Å²) in [6, 6.07) is 14.6. The van der Waals surface area contributed by atoms with E-state index in [4.69, 9.17) is 5.11 Å². The van der Waals surface area contributed by atoms with Crippen LogP contribution in [0.1, 0.15) is 15.9 Å². The molecule has 0 aliphatic rings. The van der Waals surface area contributed by atoms with Crippen LogP contribution in [0.15, 0.2) is 59.5 Å². The molecular weight excluding hydrogens is 290 g/mol. The molecule has 2 aromatic rings. The van der Waals surface area contributed by atoms with Crippen LogP contribution in [0.25, 0.3) is 0 Å². The molecule has 2 aromatic carbocycles. The van der Waals surface area contributed by atoms with Gasteiger partial charge in [-0.1, -0.05) is 30.3 Å². The first-order valence-electron chi connectivity index (χ1n) is 6.36. The molecule has 0 aliphatic heterocycles. The predicted molar refractivity (Wildman–Crippen MR) is 78.7 cm³/mol. The number of sulfonamides is 1. The van der Waals surface area contributed by atoms with Crippen molar-refractivity contribution >= 4 is 16.0 Å². The molecule has 0 heterocycles. The molecule has 0 saturated heterocycles. The molecule has 0 aromatic heterocycles. The molecule has 0 saturated carbocycles. The fourth-order valence-electron chi connectivity index (χ4n) is 1.87. The van der Waals surface area contributed by atoms with Crippen molar-refractivity contribution in [1.82, 2.24) is 4.72 Å². The highest BCUT2D eigenvalue weighted by molar-refractivity contribution is 7.89. The summed E-state index contributed by atoms with van der Waals surface area (Å²) < 4.78 is 26.5. The Kier molecular flexibility index (Phi) is 4.72. The van der Waals surface area contributed by atoms with Gasteiger partial charge in [-0.2, -0.15) is 0 Å². The fourth-order valence-corrected chi connectivity index (χ4v) is 2.93. The van der Waals surface area contributed by atoms with E-state index in [0.717, 1.165) is 5.56 Å². The first kappa shape index (κ1) is 15.2. The topological polar surface area (TPSA) is 83.5 Å². The van der Waals surface area contributed by atoms with Gasteiger partial charge in [0.05, 0.1) is 10.5 Å². The number of rotatable bonds is 6. The van der Waals surface area contributed by atoms with Crippen molar-refractivity contribution in [2.24, 2.45) is 0 Å². The fraction of sp³-hybridized carbons (Fsp3) is 0.133. The van der Waals surface area contributed by atoms with Crippen molar-refractivity contribution in [3.63, 3.8) is 0 Å². The second-order valence-electron chi connectivity index (χ2n) is 4.47. The average Bonchev–Trinajstić information content (AvgIpc) is 2.48. The third-order valence-electron chi connectivity index (χ3n) is 2.93. The Bertz CT molecular complexity index is 726. The molecule has 0 unspecified atom stereocenters. The highest BCUT2D eigenvalue weighted by atomic mass is 32.2. The third kappa shape index (κ3) is 4.14. The van der Waals surface area contributed by atoms with Crippen LogP contribution < -0.4 is 4.72 Å². The number of nitrogens with one attached hydrogen (secondary N) is 1. The van der Waals surface area contributed by atoms with E-state index in [1.807, 2.05) is 0 Å². The third-order valence-corrected chi connectivity index (χ3v) is 4.41. The van der Waals surface area contributed by atoms with E-state index < -0.39 is 16.0 Å². The summed E-state index contributed by atoms with van der Waals surface area (Å²) in [4.78, 5) is 11.1. The van der Waals surface area contributed by atoms with Gasteiger partial charge < -0.3 is 5.11 Å². The van der Waals surface area contributed by atoms with Crippen LogP contribution in [0.3, 0.4) is 0 Å². The van der Waals surface area contributed by atoms with Crippen LogP contribution in [0.4, 0.5) is 0 Å². The largest absolute Gasteiger partial charge is 0.478 e. The Morgan fingerprint density at radius 1 is 1.05 bits per heavy atom. The van der Waals surface area contributed by atoms with Gasteiger partial charge in [-0.25, -0.2) is 17.9 Å². The van der Waals surface area contributed by atoms with Crippen molar-refractivity contribution < 1.29 is 18.3 Å². The Morgan fingerprint density at radius 2 is 1.76 bits per heavy atom. The number of carboxylic acids is 1. The Balaban J connectivity index is 1.98. The molecule has 0 atom stereocenters. The SMILES string of the molecule is O=C(O)c1cccc(CCNS(=O)(=O)c2ccccc2)c1. The summed E-state index contributed by atoms with van der Waals surface area (Å²) in [6.07, 6.45) is 0.424. The summed E-state index contributed by atoms with van der Waals surface area (Å²) in [5.74, 6) is -0.998. The minimum absolute atomic E-state index is 0.193. The van der Waals surface area contributed by atoms with Crippen LogP contribution >= 0.6 is 0 Å². The monoisotopic (exact) mass is 305 g/mol. The molecule has 110 valence electrons. The van der Waals surface area contributed by atoms with Crippen molar-refractivity contribution in [1.29, 1.82) is 0 Å². The van der Waals surface area contributed by atoms with Crippen LogP contribution in [0.2, 0.25) is 0 Å². The molecule has 2 rings (SSSR count). The zero-order valence-corrected chi connectivity index (χ0v) is 12.0. The molecular formula is C15H15NO4S. The van der Waals surface area contributed by atoms with E-state index in [9.17, 15) is 13.2 Å². The summed E-state index contributed by atoms with van der Waals surface area (Å²) in [5, 5.41) is 8.90. The smallest absolute Gasteiger partial charge is 0.335 e. The lowest BCUT2D eigenvalue weighted by molar-refractivity contribution is 0.0696. The van der Waals surface area contributed by atoms with Gasteiger partial charge in [-0.05, 0) is 36.2 Å². The number of benzene rings is 2. The first-order valence-corrected chi connectivity index (χ1v) is 7.84. The van der Waals surface area contributed by atoms with Crippen LogP contribution in [-0.2, 0) is 16.4 Å². The van der Waals surface area contributed by atoms with Crippen LogP contribution in [-0.4, -0.2) is 26.0 Å². The van der Waals surface area contributed by atoms with E-state index in [2.05, 4.69) is 4.72 Å². The van der Waals surface area contributed by atoms with Gasteiger partial charge in [0.15, 0.2) is 0 Å². The molecule has 0 fully saturated rings. The molecule has 0 bridgehead atoms. The highest BCUT2D eigenvalue weighted by Crippen LogP contribution is 2.08. The highest BCUT2D eigenvalue weighted by Gasteiger charge is 2.12. The normalized spacial score (nSPS) is 11.2. The summed E-state index contributed by atoms with van der Waals surface area (Å²) in [7, 11) is -3.52. The maximum absolute atomic E-state index is 12.0. The molecule has 2 N–H and O–H groups in total. The van der Waals surface area contributed by atoms with E-state index >= 15 is 0 Å². The quantitative estimate of drug-likeness (QED) is 0.854. The molecule has 5 nitrogen and oxygen atoms in total. The van der Waals surface area contributed by atoms with Gasteiger partial charge in [0.25, 0.3) is 0 Å². The van der Waals surface area contributed by atoms with E-state index in [-0.39, 0.29) is 17.0 Å². The molecule has 0 spiro atoms. The van der Waals surface area contributed by atoms with Gasteiger partial charge >= 0.3 is 5.97 Å². The molecule has 21 heavy (non-hydrogen) atoms. The van der Waals surface area contributed by atoms with Crippen LogP contribution in [0.5, 0.6) is 0 Å². The maximum atomic E-state index is 12.0. The molecule has 6 heteroatoms. The zero-order chi connectivity index (χ0) is 15.3. The van der Waals surface area contributed by atoms with Gasteiger partial charge in [0.1, 0.15) is 0 Å². The minimum Gasteiger partial charge on any atom is -0.478 e. The van der Waals surface area contributed by atoms with Crippen molar-refractivity contribution in [2.75, 3.05) is 6.54 Å². The Hall–Kier alpha value is -2.18. The zero-order valence-electron chi connectivity index (χ0n) is 11.2. The number of hydrogen-bond acceptors (Lipinski definition) is 3. The van der Waals surface area contributed by atoms with Gasteiger partial charge in [0, 0.05) is 6.54 Å². The summed E-state index contributed by atoms with van der Waals surface area (Å²) in [6.45, 7) is 0.209. The lowest BCUT2D eigenvalue weighted by Gasteiger charge is -2.07. The number of hydrogen-bond donors (Lipinski definition) is 2. The van der Waals surface area contributed by atoms with Crippen LogP contribution in [0, 0.1) is 0 Å². The maximum Gasteiger partial charge on any atom is 0.335 e. The van der Waals surface area contributed by atoms with Crippen molar-refractivity contribution in [3.05, 3.63) is 65.7 Å². The van der Waals surface area contributed by atoms with E-state index in [0.29, 0.717) is 6.42 Å². The average molecular weight is 305 g/mol. The number of carboxylic acid groups (broad SMARTS) is 1. The number of aromatic carboxylic acids is 1. The van der Waals surface area contributed by atoms with E-state index in [1.54, 1.807) is 36.4 Å². The Labute approximate surface area is 123 Å². The lowest BCUT2D eigenvalue weighted by Crippen LogP contribution is -2.26. The predicted octanol–water partition coefficient (Wildman–Crippen LogP) is 1.91. The van der Waals surface area contributed by atoms with Gasteiger partial charge in [0.2, 0.25) is 10.0 Å². The van der Waals surface area contributed by atoms with Crippen molar-refractivity contribution in [3.8, 4) is 0 Å². The van der Waals surface area contributed by atoms with Crippen molar-refractivity contribution in [2.45, 2.75) is 11.3 Å². The summed E-state index contributed by atoms with van der Waals surface area (Å²) >= 11 is 0. The summed E-state index contributed by atoms with van der Waals surface area (Å²) in [5.41, 5.74) is 0.962. The molecule has 0 amide bonds. The van der Waals surface area contributed by atoms with Gasteiger partial charge in [-0.15, -0.1) is 0 Å². The molecule has 0 aliphatic carbocycles. The van der Waals surface area contributed by atoms with E-state index in [1.165, 1.54) is 18.2 Å². The Morgan fingerprint density at radius 3 is 2.43 bits per heavy atom.